The Morgan fingerprint density at radius 1 is 0.774 bits per heavy atom. The highest BCUT2D eigenvalue weighted by Crippen LogP contribution is 2.21. The Morgan fingerprint density at radius 3 is 2.23 bits per heavy atom. The monoisotopic (exact) mass is 432 g/mol. The van der Waals surface area contributed by atoms with Crippen molar-refractivity contribution in [2.75, 3.05) is 6.61 Å². The van der Waals surface area contributed by atoms with Gasteiger partial charge in [-0.2, -0.15) is 0 Å². The van der Waals surface area contributed by atoms with Gasteiger partial charge in [-0.15, -0.1) is 11.3 Å². The first-order valence-corrected chi connectivity index (χ1v) is 11.0. The fourth-order valence-corrected chi connectivity index (χ4v) is 3.98. The third kappa shape index (κ3) is 6.46. The Hall–Kier alpha value is -3.06. The second-order valence-corrected chi connectivity index (χ2v) is 8.25. The predicted octanol–water partition coefficient (Wildman–Crippen LogP) is 4.85. The maximum atomic E-state index is 12.0. The molecule has 0 saturated heterocycles. The van der Waals surface area contributed by atoms with Crippen LogP contribution in [0.1, 0.15) is 21.7 Å². The lowest BCUT2D eigenvalue weighted by atomic mass is 10.1. The van der Waals surface area contributed by atoms with E-state index in [2.05, 4.69) is 22.4 Å². The number of rotatable bonds is 10. The van der Waals surface area contributed by atoms with Gasteiger partial charge in [0, 0.05) is 6.54 Å². The molecule has 0 radical (unpaired) electrons. The Balaban J connectivity index is 1.14. The van der Waals surface area contributed by atoms with Gasteiger partial charge in [0.25, 0.3) is 0 Å². The molecule has 0 bridgehead atoms. The molecule has 0 saturated carbocycles. The van der Waals surface area contributed by atoms with Crippen molar-refractivity contribution < 1.29 is 14.3 Å². The van der Waals surface area contributed by atoms with Crippen LogP contribution >= 0.6 is 11.3 Å². The van der Waals surface area contributed by atoms with Crippen LogP contribution in [0.25, 0.3) is 10.2 Å². The molecule has 158 valence electrons. The predicted molar refractivity (Wildman–Crippen MR) is 122 cm³/mol. The number of fused-ring (bicyclic) bond motifs is 1. The van der Waals surface area contributed by atoms with E-state index in [1.807, 2.05) is 66.7 Å². The minimum Gasteiger partial charge on any atom is -0.372 e. The zero-order valence-electron chi connectivity index (χ0n) is 17.1. The average Bonchev–Trinajstić information content (AvgIpc) is 3.22. The third-order valence-corrected chi connectivity index (χ3v) is 5.70. The topological polar surface area (TPSA) is 60.5 Å². The molecule has 0 aliphatic carbocycles. The maximum absolute atomic E-state index is 12.0. The first-order chi connectivity index (χ1) is 15.3. The summed E-state index contributed by atoms with van der Waals surface area (Å²) in [5.41, 5.74) is 4.26. The van der Waals surface area contributed by atoms with Crippen LogP contribution < -0.4 is 5.32 Å². The number of hydrogen-bond acceptors (Lipinski definition) is 5. The highest BCUT2D eigenvalue weighted by atomic mass is 32.1. The number of hydrogen-bond donors (Lipinski definition) is 1. The number of para-hydroxylation sites is 1. The van der Waals surface area contributed by atoms with Gasteiger partial charge in [-0.25, -0.2) is 4.98 Å². The summed E-state index contributed by atoms with van der Waals surface area (Å²) >= 11 is 1.59. The van der Waals surface area contributed by atoms with Crippen molar-refractivity contribution >= 4 is 27.5 Å². The molecule has 0 aliphatic heterocycles. The van der Waals surface area contributed by atoms with Gasteiger partial charge in [-0.05, 0) is 28.8 Å². The van der Waals surface area contributed by atoms with Crippen LogP contribution in [0.3, 0.4) is 0 Å². The summed E-state index contributed by atoms with van der Waals surface area (Å²) in [6, 6.07) is 26.1. The van der Waals surface area contributed by atoms with Crippen molar-refractivity contribution in [2.24, 2.45) is 0 Å². The Bertz CT molecular complexity index is 1080. The molecule has 4 aromatic rings. The van der Waals surface area contributed by atoms with E-state index in [0.29, 0.717) is 26.4 Å². The molecular formula is C25H24N2O3S. The largest absolute Gasteiger partial charge is 0.372 e. The number of carbonyl (C=O) groups excluding carboxylic acids is 1. The third-order valence-electron chi connectivity index (χ3n) is 4.69. The summed E-state index contributed by atoms with van der Waals surface area (Å²) in [6.45, 7) is 1.97. The number of nitrogens with zero attached hydrogens (tertiary/aromatic N) is 1. The summed E-state index contributed by atoms with van der Waals surface area (Å²) in [4.78, 5) is 16.5. The summed E-state index contributed by atoms with van der Waals surface area (Å²) in [5.74, 6) is -0.142. The van der Waals surface area contributed by atoms with Gasteiger partial charge < -0.3 is 14.8 Å². The first kappa shape index (κ1) is 21.2. The van der Waals surface area contributed by atoms with Crippen molar-refractivity contribution in [2.45, 2.75) is 26.4 Å². The molecule has 0 spiro atoms. The van der Waals surface area contributed by atoms with Crippen molar-refractivity contribution in [1.82, 2.24) is 10.3 Å². The van der Waals surface area contributed by atoms with E-state index in [4.69, 9.17) is 9.47 Å². The molecular weight excluding hydrogens is 408 g/mol. The van der Waals surface area contributed by atoms with E-state index in [0.717, 1.165) is 31.9 Å². The van der Waals surface area contributed by atoms with E-state index in [9.17, 15) is 4.79 Å². The fraction of sp³-hybridized carbons (Fsp3) is 0.200. The van der Waals surface area contributed by atoms with Gasteiger partial charge in [-0.1, -0.05) is 66.7 Å². The molecule has 1 amide bonds. The molecule has 1 heterocycles. The number of thiazole rings is 1. The van der Waals surface area contributed by atoms with Crippen LogP contribution in [0.4, 0.5) is 0 Å². The number of amides is 1. The average molecular weight is 433 g/mol. The summed E-state index contributed by atoms with van der Waals surface area (Å²) < 4.78 is 12.4. The van der Waals surface area contributed by atoms with Crippen molar-refractivity contribution in [3.8, 4) is 0 Å². The van der Waals surface area contributed by atoms with E-state index in [1.54, 1.807) is 11.3 Å². The molecule has 31 heavy (non-hydrogen) atoms. The van der Waals surface area contributed by atoms with Gasteiger partial charge in [0.2, 0.25) is 5.91 Å². The Kier molecular flexibility index (Phi) is 7.39. The summed E-state index contributed by atoms with van der Waals surface area (Å²) in [7, 11) is 0. The number of aromatic nitrogens is 1. The normalized spacial score (nSPS) is 11.0. The van der Waals surface area contributed by atoms with Crippen LogP contribution in [0.5, 0.6) is 0 Å². The molecule has 0 atom stereocenters. The molecule has 1 aromatic heterocycles. The summed E-state index contributed by atoms with van der Waals surface area (Å²) in [5, 5.41) is 3.76. The van der Waals surface area contributed by atoms with Crippen molar-refractivity contribution in [1.29, 1.82) is 0 Å². The second-order valence-electron chi connectivity index (χ2n) is 7.14. The van der Waals surface area contributed by atoms with E-state index in [-0.39, 0.29) is 12.5 Å². The minimum absolute atomic E-state index is 0.0152. The van der Waals surface area contributed by atoms with E-state index < -0.39 is 0 Å². The minimum atomic E-state index is -0.142. The van der Waals surface area contributed by atoms with Crippen LogP contribution in [0.2, 0.25) is 0 Å². The second kappa shape index (κ2) is 10.8. The van der Waals surface area contributed by atoms with Gasteiger partial charge in [0.15, 0.2) is 0 Å². The van der Waals surface area contributed by atoms with Crippen molar-refractivity contribution in [3.63, 3.8) is 0 Å². The quantitative estimate of drug-likeness (QED) is 0.389. The van der Waals surface area contributed by atoms with E-state index >= 15 is 0 Å². The highest BCUT2D eigenvalue weighted by molar-refractivity contribution is 7.18. The Morgan fingerprint density at radius 2 is 1.45 bits per heavy atom. The molecule has 0 unspecified atom stereocenters. The highest BCUT2D eigenvalue weighted by Gasteiger charge is 2.06. The van der Waals surface area contributed by atoms with Gasteiger partial charge in [0.05, 0.1) is 30.0 Å². The smallest absolute Gasteiger partial charge is 0.246 e. The lowest BCUT2D eigenvalue weighted by Crippen LogP contribution is -2.27. The SMILES string of the molecule is O=C(COCc1nc2ccccc2s1)NCc1ccc(COCc2ccccc2)cc1. The lowest BCUT2D eigenvalue weighted by Gasteiger charge is -2.08. The van der Waals surface area contributed by atoms with Gasteiger partial charge >= 0.3 is 0 Å². The summed E-state index contributed by atoms with van der Waals surface area (Å²) in [6.07, 6.45) is 0. The number of ether oxygens (including phenoxy) is 2. The zero-order valence-corrected chi connectivity index (χ0v) is 17.9. The Labute approximate surface area is 185 Å². The zero-order chi connectivity index (χ0) is 21.3. The number of carbonyl (C=O) groups is 1. The van der Waals surface area contributed by atoms with E-state index in [1.165, 1.54) is 0 Å². The van der Waals surface area contributed by atoms with Crippen LogP contribution in [0.15, 0.2) is 78.9 Å². The van der Waals surface area contributed by atoms with Gasteiger partial charge in [-0.3, -0.25) is 4.79 Å². The lowest BCUT2D eigenvalue weighted by molar-refractivity contribution is -0.126. The van der Waals surface area contributed by atoms with Gasteiger partial charge in [0.1, 0.15) is 11.6 Å². The van der Waals surface area contributed by atoms with Crippen LogP contribution in [0, 0.1) is 0 Å². The number of benzene rings is 3. The molecule has 6 heteroatoms. The fourth-order valence-electron chi connectivity index (χ4n) is 3.08. The standard InChI is InChI=1S/C25H24N2O3S/c28-24(17-30-18-25-27-22-8-4-5-9-23(22)31-25)26-14-19-10-12-21(13-11-19)16-29-15-20-6-2-1-3-7-20/h1-13H,14-18H2,(H,26,28). The first-order valence-electron chi connectivity index (χ1n) is 10.1. The maximum Gasteiger partial charge on any atom is 0.246 e. The molecule has 4 rings (SSSR count). The molecule has 3 aromatic carbocycles. The molecule has 5 nitrogen and oxygen atoms in total. The molecule has 0 fully saturated rings. The number of nitrogens with one attached hydrogen (secondary N) is 1. The van der Waals surface area contributed by atoms with Crippen molar-refractivity contribution in [3.05, 3.63) is 101 Å². The van der Waals surface area contributed by atoms with Crippen LogP contribution in [-0.4, -0.2) is 17.5 Å². The molecule has 0 aliphatic rings. The molecule has 1 N–H and O–H groups in total. The van der Waals surface area contributed by atoms with Crippen LogP contribution in [-0.2, 0) is 40.6 Å².